The van der Waals surface area contributed by atoms with Crippen molar-refractivity contribution in [1.29, 1.82) is 0 Å². The molecule has 0 spiro atoms. The monoisotopic (exact) mass is 354 g/mol. The molecule has 1 aliphatic heterocycles. The number of carbonyl (C=O) groups excluding carboxylic acids is 3. The van der Waals surface area contributed by atoms with Crippen molar-refractivity contribution in [2.24, 2.45) is 0 Å². The van der Waals surface area contributed by atoms with Gasteiger partial charge >= 0.3 is 11.8 Å². The molecular formula is C17H30N4O4. The number of nitrogens with zero attached hydrogens (tertiary/aromatic N) is 4. The van der Waals surface area contributed by atoms with Gasteiger partial charge in [0.1, 0.15) is 0 Å². The van der Waals surface area contributed by atoms with Crippen LogP contribution in [0.3, 0.4) is 0 Å². The van der Waals surface area contributed by atoms with Crippen molar-refractivity contribution in [3.05, 3.63) is 12.2 Å². The second kappa shape index (κ2) is 9.53. The summed E-state index contributed by atoms with van der Waals surface area (Å²) in [7, 11) is 3.54. The van der Waals surface area contributed by atoms with Gasteiger partial charge in [0, 0.05) is 58.4 Å². The van der Waals surface area contributed by atoms with Gasteiger partial charge in [0.15, 0.2) is 0 Å². The van der Waals surface area contributed by atoms with Crippen LogP contribution < -0.4 is 0 Å². The Morgan fingerprint density at radius 1 is 1.20 bits per heavy atom. The zero-order chi connectivity index (χ0) is 19.1. The lowest BCUT2D eigenvalue weighted by atomic mass is 10.2. The SMILES string of the molecule is C=C(C)C(=O)N(C)CCN(C)CC(O)CN1CCN(CC)C(=O)C1=O. The highest BCUT2D eigenvalue weighted by atomic mass is 16.3. The molecule has 1 saturated heterocycles. The smallest absolute Gasteiger partial charge is 0.312 e. The summed E-state index contributed by atoms with van der Waals surface area (Å²) in [4.78, 5) is 42.0. The normalized spacial score (nSPS) is 16.4. The number of hydrogen-bond donors (Lipinski definition) is 1. The van der Waals surface area contributed by atoms with E-state index in [4.69, 9.17) is 0 Å². The Bertz CT molecular complexity index is 523. The van der Waals surface area contributed by atoms with Gasteiger partial charge < -0.3 is 24.7 Å². The van der Waals surface area contributed by atoms with E-state index < -0.39 is 17.9 Å². The maximum absolute atomic E-state index is 12.0. The number of amides is 3. The second-order valence-corrected chi connectivity index (χ2v) is 6.56. The molecule has 0 aromatic carbocycles. The number of β-amino-alcohol motifs (C(OH)–C–C–N with tert-alkyl or cyclic N) is 1. The fourth-order valence-corrected chi connectivity index (χ4v) is 2.70. The highest BCUT2D eigenvalue weighted by Gasteiger charge is 2.32. The fraction of sp³-hybridized carbons (Fsp3) is 0.706. The molecule has 142 valence electrons. The summed E-state index contributed by atoms with van der Waals surface area (Å²) in [6.45, 7) is 10.2. The molecule has 25 heavy (non-hydrogen) atoms. The van der Waals surface area contributed by atoms with Crippen molar-refractivity contribution in [2.45, 2.75) is 20.0 Å². The lowest BCUT2D eigenvalue weighted by Crippen LogP contribution is -2.56. The number of piperazine rings is 1. The molecule has 0 saturated carbocycles. The minimum absolute atomic E-state index is 0.105. The Hall–Kier alpha value is -1.93. The van der Waals surface area contributed by atoms with Crippen molar-refractivity contribution in [3.8, 4) is 0 Å². The number of likely N-dealkylation sites (N-methyl/N-ethyl adjacent to an activating group) is 3. The van der Waals surface area contributed by atoms with Crippen molar-refractivity contribution in [1.82, 2.24) is 19.6 Å². The first kappa shape index (κ1) is 21.1. The van der Waals surface area contributed by atoms with Gasteiger partial charge in [0.25, 0.3) is 0 Å². The van der Waals surface area contributed by atoms with Crippen LogP contribution in [0.1, 0.15) is 13.8 Å². The van der Waals surface area contributed by atoms with E-state index in [0.717, 1.165) is 0 Å². The first-order valence-electron chi connectivity index (χ1n) is 8.53. The standard InChI is InChI=1S/C17H30N4O4/c1-6-20-9-10-21(17(25)16(20)24)12-14(22)11-18(4)7-8-19(5)15(23)13(2)3/h14,22H,2,6-12H2,1,3-5H3. The molecular weight excluding hydrogens is 324 g/mol. The molecule has 0 bridgehead atoms. The fourth-order valence-electron chi connectivity index (χ4n) is 2.70. The third kappa shape index (κ3) is 6.13. The van der Waals surface area contributed by atoms with E-state index in [2.05, 4.69) is 6.58 Å². The number of carbonyl (C=O) groups is 3. The van der Waals surface area contributed by atoms with Crippen LogP contribution in [0, 0.1) is 0 Å². The van der Waals surface area contributed by atoms with Gasteiger partial charge in [-0.3, -0.25) is 14.4 Å². The predicted molar refractivity (Wildman–Crippen MR) is 94.8 cm³/mol. The maximum Gasteiger partial charge on any atom is 0.312 e. The molecule has 0 radical (unpaired) electrons. The van der Waals surface area contributed by atoms with E-state index in [1.165, 1.54) is 9.80 Å². The summed E-state index contributed by atoms with van der Waals surface area (Å²) in [6, 6.07) is 0. The van der Waals surface area contributed by atoms with Crippen LogP contribution in [-0.2, 0) is 14.4 Å². The van der Waals surface area contributed by atoms with Gasteiger partial charge in [-0.05, 0) is 20.9 Å². The average molecular weight is 354 g/mol. The van der Waals surface area contributed by atoms with Gasteiger partial charge in [-0.2, -0.15) is 0 Å². The highest BCUT2D eigenvalue weighted by Crippen LogP contribution is 2.06. The molecule has 3 amide bonds. The summed E-state index contributed by atoms with van der Waals surface area (Å²) in [6.07, 6.45) is -0.753. The number of hydrogen-bond acceptors (Lipinski definition) is 5. The zero-order valence-corrected chi connectivity index (χ0v) is 15.7. The molecule has 1 N–H and O–H groups in total. The van der Waals surface area contributed by atoms with Crippen LogP contribution >= 0.6 is 0 Å². The highest BCUT2D eigenvalue weighted by molar-refractivity contribution is 6.35. The van der Waals surface area contributed by atoms with Gasteiger partial charge in [-0.25, -0.2) is 0 Å². The van der Waals surface area contributed by atoms with E-state index in [0.29, 0.717) is 44.8 Å². The Labute approximate surface area is 149 Å². The van der Waals surface area contributed by atoms with Gasteiger partial charge in [0.05, 0.1) is 6.10 Å². The van der Waals surface area contributed by atoms with Crippen LogP contribution in [-0.4, -0.2) is 108 Å². The van der Waals surface area contributed by atoms with E-state index >= 15 is 0 Å². The molecule has 8 nitrogen and oxygen atoms in total. The molecule has 1 atom stereocenters. The van der Waals surface area contributed by atoms with Crippen molar-refractivity contribution in [2.75, 3.05) is 59.9 Å². The van der Waals surface area contributed by atoms with Gasteiger partial charge in [-0.1, -0.05) is 6.58 Å². The van der Waals surface area contributed by atoms with E-state index in [1.807, 2.05) is 18.9 Å². The van der Waals surface area contributed by atoms with Crippen molar-refractivity contribution in [3.63, 3.8) is 0 Å². The molecule has 8 heteroatoms. The molecule has 0 aliphatic carbocycles. The van der Waals surface area contributed by atoms with Crippen LogP contribution in [0.15, 0.2) is 12.2 Å². The number of rotatable bonds is 9. The molecule has 1 heterocycles. The van der Waals surface area contributed by atoms with Gasteiger partial charge in [-0.15, -0.1) is 0 Å². The number of aliphatic hydroxyl groups excluding tert-OH is 1. The molecule has 1 aliphatic rings. The lowest BCUT2D eigenvalue weighted by Gasteiger charge is -2.34. The largest absolute Gasteiger partial charge is 0.390 e. The van der Waals surface area contributed by atoms with Crippen LogP contribution in [0.5, 0.6) is 0 Å². The minimum Gasteiger partial charge on any atom is -0.390 e. The topological polar surface area (TPSA) is 84.4 Å². The van der Waals surface area contributed by atoms with E-state index in [1.54, 1.807) is 18.9 Å². The Balaban J connectivity index is 2.40. The third-order valence-corrected chi connectivity index (χ3v) is 4.26. The Morgan fingerprint density at radius 3 is 2.32 bits per heavy atom. The van der Waals surface area contributed by atoms with Crippen LogP contribution in [0.4, 0.5) is 0 Å². The van der Waals surface area contributed by atoms with E-state index in [-0.39, 0.29) is 12.5 Å². The molecule has 1 fully saturated rings. The third-order valence-electron chi connectivity index (χ3n) is 4.26. The molecule has 1 rings (SSSR count). The first-order valence-corrected chi connectivity index (χ1v) is 8.53. The van der Waals surface area contributed by atoms with Crippen molar-refractivity contribution < 1.29 is 19.5 Å². The van der Waals surface area contributed by atoms with Gasteiger partial charge in [0.2, 0.25) is 5.91 Å². The quantitative estimate of drug-likeness (QED) is 0.424. The summed E-state index contributed by atoms with van der Waals surface area (Å²) in [5.74, 6) is -1.16. The second-order valence-electron chi connectivity index (χ2n) is 6.56. The molecule has 0 aromatic rings. The summed E-state index contributed by atoms with van der Waals surface area (Å²) >= 11 is 0. The Morgan fingerprint density at radius 2 is 1.76 bits per heavy atom. The lowest BCUT2D eigenvalue weighted by molar-refractivity contribution is -0.156. The summed E-state index contributed by atoms with van der Waals surface area (Å²) in [5, 5.41) is 10.2. The first-order chi connectivity index (χ1) is 11.7. The molecule has 1 unspecified atom stereocenters. The Kier molecular flexibility index (Phi) is 8.05. The van der Waals surface area contributed by atoms with Crippen molar-refractivity contribution >= 4 is 17.7 Å². The van der Waals surface area contributed by atoms with Crippen LogP contribution in [0.2, 0.25) is 0 Å². The average Bonchev–Trinajstić information content (AvgIpc) is 2.56. The predicted octanol–water partition coefficient (Wildman–Crippen LogP) is -0.996. The van der Waals surface area contributed by atoms with Crippen LogP contribution in [0.25, 0.3) is 0 Å². The molecule has 0 aromatic heterocycles. The number of aliphatic hydroxyl groups is 1. The minimum atomic E-state index is -0.753. The maximum atomic E-state index is 12.0. The summed E-state index contributed by atoms with van der Waals surface area (Å²) in [5.41, 5.74) is 0.486. The zero-order valence-electron chi connectivity index (χ0n) is 15.7. The summed E-state index contributed by atoms with van der Waals surface area (Å²) < 4.78 is 0. The van der Waals surface area contributed by atoms with E-state index in [9.17, 15) is 19.5 Å².